The fourth-order valence-corrected chi connectivity index (χ4v) is 5.12. The Kier molecular flexibility index (Phi) is 6.48. The maximum atomic E-state index is 4.71. The molecule has 2 aromatic heterocycles. The SMILES string of the molecule is c1ccc(-c2ccc(-c3nnc(-c4ccc(-c5ccccc5)cc4)n3-c3ccc(-c4cccnc4)cc3)cc2)cc1. The van der Waals surface area contributed by atoms with Crippen molar-refractivity contribution in [2.45, 2.75) is 0 Å². The van der Waals surface area contributed by atoms with Crippen molar-refractivity contribution in [3.63, 3.8) is 0 Å². The molecule has 7 rings (SSSR count). The molecule has 4 heteroatoms. The fraction of sp³-hybridized carbons (Fsp3) is 0. The maximum Gasteiger partial charge on any atom is 0.168 e. The summed E-state index contributed by atoms with van der Waals surface area (Å²) in [6.07, 6.45) is 3.67. The van der Waals surface area contributed by atoms with Crippen molar-refractivity contribution in [1.29, 1.82) is 0 Å². The third kappa shape index (κ3) is 4.95. The number of hydrogen-bond donors (Lipinski definition) is 0. The number of benzene rings is 5. The first-order chi connectivity index (χ1) is 20.3. The molecule has 5 aromatic carbocycles. The van der Waals surface area contributed by atoms with Gasteiger partial charge in [-0.25, -0.2) is 0 Å². The van der Waals surface area contributed by atoms with Gasteiger partial charge >= 0.3 is 0 Å². The standard InChI is InChI=1S/C37H26N4/c1-3-8-27(9-4-1)29-13-17-32(18-14-29)36-39-40-37(33-19-15-30(16-20-33)28-10-5-2-6-11-28)41(36)35-23-21-31(22-24-35)34-12-7-25-38-26-34/h1-26H. The van der Waals surface area contributed by atoms with Crippen molar-refractivity contribution in [2.75, 3.05) is 0 Å². The van der Waals surface area contributed by atoms with Gasteiger partial charge < -0.3 is 0 Å². The summed E-state index contributed by atoms with van der Waals surface area (Å²) in [7, 11) is 0. The highest BCUT2D eigenvalue weighted by molar-refractivity contribution is 5.73. The fourth-order valence-electron chi connectivity index (χ4n) is 5.12. The van der Waals surface area contributed by atoms with E-state index in [-0.39, 0.29) is 0 Å². The van der Waals surface area contributed by atoms with E-state index in [4.69, 9.17) is 10.2 Å². The van der Waals surface area contributed by atoms with Crippen molar-refractivity contribution in [3.05, 3.63) is 158 Å². The summed E-state index contributed by atoms with van der Waals surface area (Å²) in [5, 5.41) is 9.41. The van der Waals surface area contributed by atoms with Crippen molar-refractivity contribution in [2.24, 2.45) is 0 Å². The van der Waals surface area contributed by atoms with Crippen molar-refractivity contribution in [3.8, 4) is 61.8 Å². The van der Waals surface area contributed by atoms with Gasteiger partial charge in [0.2, 0.25) is 0 Å². The van der Waals surface area contributed by atoms with Gasteiger partial charge in [0.1, 0.15) is 0 Å². The zero-order chi connectivity index (χ0) is 27.4. The van der Waals surface area contributed by atoms with E-state index in [0.717, 1.165) is 50.7 Å². The summed E-state index contributed by atoms with van der Waals surface area (Å²) in [6.45, 7) is 0. The third-order valence-electron chi connectivity index (χ3n) is 7.28. The Balaban J connectivity index is 1.31. The van der Waals surface area contributed by atoms with E-state index in [1.165, 1.54) is 11.1 Å². The van der Waals surface area contributed by atoms with Crippen LogP contribution in [0.4, 0.5) is 0 Å². The smallest absolute Gasteiger partial charge is 0.168 e. The molecule has 7 aromatic rings. The monoisotopic (exact) mass is 526 g/mol. The summed E-state index contributed by atoms with van der Waals surface area (Å²) in [5.74, 6) is 1.58. The summed E-state index contributed by atoms with van der Waals surface area (Å²) >= 11 is 0. The highest BCUT2D eigenvalue weighted by Gasteiger charge is 2.18. The van der Waals surface area contributed by atoms with E-state index in [2.05, 4.69) is 137 Å². The molecule has 0 unspecified atom stereocenters. The van der Waals surface area contributed by atoms with Gasteiger partial charge in [0.15, 0.2) is 11.6 Å². The molecular weight excluding hydrogens is 500 g/mol. The van der Waals surface area contributed by atoms with Crippen LogP contribution in [0.3, 0.4) is 0 Å². The van der Waals surface area contributed by atoms with Crippen LogP contribution < -0.4 is 0 Å². The van der Waals surface area contributed by atoms with Gasteiger partial charge in [0.25, 0.3) is 0 Å². The Hall–Kier alpha value is -5.61. The largest absolute Gasteiger partial charge is 0.275 e. The van der Waals surface area contributed by atoms with E-state index in [9.17, 15) is 0 Å². The predicted octanol–water partition coefficient (Wildman–Crippen LogP) is 9.00. The molecule has 0 saturated heterocycles. The van der Waals surface area contributed by atoms with Crippen LogP contribution in [-0.2, 0) is 0 Å². The van der Waals surface area contributed by atoms with Crippen molar-refractivity contribution >= 4 is 0 Å². The summed E-state index contributed by atoms with van der Waals surface area (Å²) in [6, 6.07) is 50.4. The Labute approximate surface area is 239 Å². The molecule has 0 N–H and O–H groups in total. The second-order valence-corrected chi connectivity index (χ2v) is 9.86. The summed E-state index contributed by atoms with van der Waals surface area (Å²) in [4.78, 5) is 4.27. The number of nitrogens with zero attached hydrogens (tertiary/aromatic N) is 4. The van der Waals surface area contributed by atoms with Crippen molar-refractivity contribution < 1.29 is 0 Å². The van der Waals surface area contributed by atoms with Crippen LogP contribution in [0.5, 0.6) is 0 Å². The molecule has 0 aliphatic carbocycles. The molecule has 0 atom stereocenters. The van der Waals surface area contributed by atoms with Gasteiger partial charge in [-0.2, -0.15) is 0 Å². The average Bonchev–Trinajstić information content (AvgIpc) is 3.51. The lowest BCUT2D eigenvalue weighted by Crippen LogP contribution is -2.00. The number of pyridine rings is 1. The van der Waals surface area contributed by atoms with Crippen molar-refractivity contribution in [1.82, 2.24) is 19.7 Å². The van der Waals surface area contributed by atoms with Crippen LogP contribution in [0.25, 0.3) is 61.8 Å². The molecule has 2 heterocycles. The first-order valence-corrected chi connectivity index (χ1v) is 13.6. The zero-order valence-corrected chi connectivity index (χ0v) is 22.3. The first kappa shape index (κ1) is 24.4. The molecule has 0 amide bonds. The number of rotatable bonds is 6. The summed E-state index contributed by atoms with van der Waals surface area (Å²) < 4.78 is 2.14. The Morgan fingerprint density at radius 2 is 0.732 bits per heavy atom. The molecule has 0 bridgehead atoms. The number of hydrogen-bond acceptors (Lipinski definition) is 3. The van der Waals surface area contributed by atoms with E-state index >= 15 is 0 Å². The first-order valence-electron chi connectivity index (χ1n) is 13.6. The van der Waals surface area contributed by atoms with Crippen LogP contribution in [0.2, 0.25) is 0 Å². The minimum atomic E-state index is 0.792. The minimum Gasteiger partial charge on any atom is -0.275 e. The highest BCUT2D eigenvalue weighted by atomic mass is 15.3. The lowest BCUT2D eigenvalue weighted by molar-refractivity contribution is 1.07. The minimum absolute atomic E-state index is 0.792. The van der Waals surface area contributed by atoms with Crippen LogP contribution >= 0.6 is 0 Å². The Morgan fingerprint density at radius 3 is 1.20 bits per heavy atom. The molecule has 0 fully saturated rings. The quantitative estimate of drug-likeness (QED) is 0.217. The van der Waals surface area contributed by atoms with Gasteiger partial charge in [0.05, 0.1) is 0 Å². The van der Waals surface area contributed by atoms with E-state index < -0.39 is 0 Å². The predicted molar refractivity (Wildman–Crippen MR) is 166 cm³/mol. The number of aromatic nitrogens is 4. The molecule has 0 aliphatic heterocycles. The summed E-state index contributed by atoms with van der Waals surface area (Å²) in [5.41, 5.74) is 9.88. The molecular formula is C37H26N4. The Morgan fingerprint density at radius 1 is 0.341 bits per heavy atom. The maximum absolute atomic E-state index is 4.71. The molecule has 0 spiro atoms. The highest BCUT2D eigenvalue weighted by Crippen LogP contribution is 2.32. The van der Waals surface area contributed by atoms with Gasteiger partial charge in [0, 0.05) is 29.2 Å². The van der Waals surface area contributed by atoms with Gasteiger partial charge in [-0.1, -0.05) is 127 Å². The van der Waals surface area contributed by atoms with Crippen LogP contribution in [0.1, 0.15) is 0 Å². The van der Waals surface area contributed by atoms with Crippen LogP contribution in [0, 0.1) is 0 Å². The lowest BCUT2D eigenvalue weighted by atomic mass is 10.0. The molecule has 4 nitrogen and oxygen atoms in total. The van der Waals surface area contributed by atoms with E-state index in [1.54, 1.807) is 6.20 Å². The van der Waals surface area contributed by atoms with Crippen LogP contribution in [-0.4, -0.2) is 19.7 Å². The zero-order valence-electron chi connectivity index (χ0n) is 22.3. The Bertz CT molecular complexity index is 1780. The molecule has 0 saturated carbocycles. The second-order valence-electron chi connectivity index (χ2n) is 9.86. The average molecular weight is 527 g/mol. The normalized spacial score (nSPS) is 10.9. The van der Waals surface area contributed by atoms with E-state index in [0.29, 0.717) is 0 Å². The molecule has 0 aliphatic rings. The molecule has 41 heavy (non-hydrogen) atoms. The molecule has 194 valence electrons. The van der Waals surface area contributed by atoms with Gasteiger partial charge in [-0.3, -0.25) is 9.55 Å². The topological polar surface area (TPSA) is 43.6 Å². The van der Waals surface area contributed by atoms with Gasteiger partial charge in [-0.15, -0.1) is 10.2 Å². The lowest BCUT2D eigenvalue weighted by Gasteiger charge is -2.13. The van der Waals surface area contributed by atoms with Gasteiger partial charge in [-0.05, 0) is 51.6 Å². The van der Waals surface area contributed by atoms with E-state index in [1.807, 2.05) is 24.4 Å². The van der Waals surface area contributed by atoms with Crippen LogP contribution in [0.15, 0.2) is 158 Å². The molecule has 0 radical (unpaired) electrons. The second kappa shape index (κ2) is 10.9. The third-order valence-corrected chi connectivity index (χ3v) is 7.28.